The highest BCUT2D eigenvalue weighted by Crippen LogP contribution is 2.34. The average Bonchev–Trinajstić information content (AvgIpc) is 2.65. The molecule has 0 aromatic heterocycles. The standard InChI is InChI=1S/C18H24ClF3N4O4S/c1-11(2)9-14(24-17(23)28)16(27)25-5-7-26(8-6-25)31(29,30)15-10-12(18(20,21)22)3-4-13(15)19/h3-4,10-11,14H,5-9H2,1-2H3,(H3,23,24,28)/t14-/m1/s1. The molecule has 1 aromatic carbocycles. The Labute approximate surface area is 183 Å². The molecule has 1 heterocycles. The van der Waals surface area contributed by atoms with Crippen LogP contribution in [-0.4, -0.2) is 61.8 Å². The number of benzene rings is 1. The lowest BCUT2D eigenvalue weighted by Gasteiger charge is -2.36. The van der Waals surface area contributed by atoms with Gasteiger partial charge in [-0.3, -0.25) is 4.79 Å². The average molecular weight is 485 g/mol. The van der Waals surface area contributed by atoms with Crippen molar-refractivity contribution < 1.29 is 31.2 Å². The van der Waals surface area contributed by atoms with Crippen LogP contribution < -0.4 is 11.1 Å². The molecule has 1 atom stereocenters. The quantitative estimate of drug-likeness (QED) is 0.644. The molecule has 1 aliphatic heterocycles. The van der Waals surface area contributed by atoms with Gasteiger partial charge in [0.25, 0.3) is 0 Å². The van der Waals surface area contributed by atoms with Crippen molar-refractivity contribution in [3.8, 4) is 0 Å². The molecule has 174 valence electrons. The van der Waals surface area contributed by atoms with E-state index in [-0.39, 0.29) is 37.1 Å². The Morgan fingerprint density at radius 1 is 1.19 bits per heavy atom. The number of amides is 3. The van der Waals surface area contributed by atoms with E-state index in [2.05, 4.69) is 5.32 Å². The third-order valence-corrected chi connectivity index (χ3v) is 7.13. The zero-order valence-corrected chi connectivity index (χ0v) is 18.5. The molecule has 8 nitrogen and oxygen atoms in total. The van der Waals surface area contributed by atoms with Crippen molar-refractivity contribution in [3.05, 3.63) is 28.8 Å². The molecule has 1 aromatic rings. The van der Waals surface area contributed by atoms with Gasteiger partial charge in [-0.1, -0.05) is 25.4 Å². The Morgan fingerprint density at radius 2 is 1.77 bits per heavy atom. The number of nitrogens with one attached hydrogen (secondary N) is 1. The van der Waals surface area contributed by atoms with E-state index < -0.39 is 44.6 Å². The second-order valence-corrected chi connectivity index (χ2v) is 9.88. The number of sulfonamides is 1. The van der Waals surface area contributed by atoms with Crippen LogP contribution in [-0.2, 0) is 21.0 Å². The molecule has 0 bridgehead atoms. The minimum absolute atomic E-state index is 0.00365. The maximum atomic E-state index is 13.0. The maximum absolute atomic E-state index is 13.0. The molecule has 2 rings (SSSR count). The number of urea groups is 1. The highest BCUT2D eigenvalue weighted by molar-refractivity contribution is 7.89. The van der Waals surface area contributed by atoms with Crippen molar-refractivity contribution in [2.24, 2.45) is 11.7 Å². The van der Waals surface area contributed by atoms with Crippen molar-refractivity contribution in [1.29, 1.82) is 0 Å². The molecule has 0 unspecified atom stereocenters. The second-order valence-electron chi connectivity index (χ2n) is 7.56. The van der Waals surface area contributed by atoms with Gasteiger partial charge in [-0.15, -0.1) is 0 Å². The van der Waals surface area contributed by atoms with Crippen LogP contribution in [0.25, 0.3) is 0 Å². The van der Waals surface area contributed by atoms with Crippen LogP contribution in [0, 0.1) is 5.92 Å². The van der Waals surface area contributed by atoms with Gasteiger partial charge >= 0.3 is 12.2 Å². The van der Waals surface area contributed by atoms with Crippen molar-refractivity contribution in [2.75, 3.05) is 26.2 Å². The number of hydrogen-bond donors (Lipinski definition) is 2. The largest absolute Gasteiger partial charge is 0.416 e. The SMILES string of the molecule is CC(C)C[C@@H](NC(N)=O)C(=O)N1CCN(S(=O)(=O)c2cc(C(F)(F)F)ccc2Cl)CC1. The number of nitrogens with two attached hydrogens (primary N) is 1. The second kappa shape index (κ2) is 9.61. The van der Waals surface area contributed by atoms with Crippen molar-refractivity contribution >= 4 is 33.6 Å². The highest BCUT2D eigenvalue weighted by Gasteiger charge is 2.36. The predicted octanol–water partition coefficient (Wildman–Crippen LogP) is 2.27. The van der Waals surface area contributed by atoms with Crippen LogP contribution >= 0.6 is 11.6 Å². The fourth-order valence-electron chi connectivity index (χ4n) is 3.25. The highest BCUT2D eigenvalue weighted by atomic mass is 35.5. The number of primary amides is 1. The van der Waals surface area contributed by atoms with Gasteiger partial charge in [0.2, 0.25) is 15.9 Å². The van der Waals surface area contributed by atoms with Crippen molar-refractivity contribution in [2.45, 2.75) is 37.4 Å². The monoisotopic (exact) mass is 484 g/mol. The van der Waals surface area contributed by atoms with Gasteiger partial charge in [-0.05, 0) is 30.5 Å². The van der Waals surface area contributed by atoms with Crippen molar-refractivity contribution in [3.63, 3.8) is 0 Å². The number of piperazine rings is 1. The van der Waals surface area contributed by atoms with Crippen LogP contribution in [0.1, 0.15) is 25.8 Å². The maximum Gasteiger partial charge on any atom is 0.416 e. The van der Waals surface area contributed by atoms with Crippen LogP contribution in [0.15, 0.2) is 23.1 Å². The molecule has 0 radical (unpaired) electrons. The summed E-state index contributed by atoms with van der Waals surface area (Å²) in [6, 6.07) is 0.407. The van der Waals surface area contributed by atoms with E-state index >= 15 is 0 Å². The van der Waals surface area contributed by atoms with Crippen LogP contribution in [0.4, 0.5) is 18.0 Å². The summed E-state index contributed by atoms with van der Waals surface area (Å²) in [6.45, 7) is 3.48. The Kier molecular flexibility index (Phi) is 7.82. The minimum atomic E-state index is -4.72. The van der Waals surface area contributed by atoms with Gasteiger partial charge in [0.05, 0.1) is 10.6 Å². The zero-order valence-electron chi connectivity index (χ0n) is 16.9. The minimum Gasteiger partial charge on any atom is -0.352 e. The van der Waals surface area contributed by atoms with Crippen LogP contribution in [0.5, 0.6) is 0 Å². The Bertz CT molecular complexity index is 932. The normalized spacial score (nSPS) is 16.9. The number of carbonyl (C=O) groups is 2. The summed E-state index contributed by atoms with van der Waals surface area (Å²) in [5.41, 5.74) is 4.01. The van der Waals surface area contributed by atoms with Gasteiger partial charge in [0.1, 0.15) is 10.9 Å². The molecule has 1 aliphatic rings. The molecule has 31 heavy (non-hydrogen) atoms. The number of alkyl halides is 3. The summed E-state index contributed by atoms with van der Waals surface area (Å²) in [7, 11) is -4.31. The smallest absolute Gasteiger partial charge is 0.352 e. The van der Waals surface area contributed by atoms with Gasteiger partial charge in [0, 0.05) is 26.2 Å². The van der Waals surface area contributed by atoms with Gasteiger partial charge in [-0.25, -0.2) is 13.2 Å². The fraction of sp³-hybridized carbons (Fsp3) is 0.556. The Hall–Kier alpha value is -2.05. The summed E-state index contributed by atoms with van der Waals surface area (Å²) in [5.74, 6) is -0.313. The fourth-order valence-corrected chi connectivity index (χ4v) is 5.17. The van der Waals surface area contributed by atoms with Gasteiger partial charge in [0.15, 0.2) is 0 Å². The first-order valence-corrected chi connectivity index (χ1v) is 11.3. The molecule has 3 amide bonds. The lowest BCUT2D eigenvalue weighted by atomic mass is 10.0. The molecule has 0 aliphatic carbocycles. The summed E-state index contributed by atoms with van der Waals surface area (Å²) in [6.07, 6.45) is -4.38. The van der Waals surface area contributed by atoms with E-state index in [1.54, 1.807) is 0 Å². The molecular formula is C18H24ClF3N4O4S. The molecule has 3 N–H and O–H groups in total. The number of hydrogen-bond acceptors (Lipinski definition) is 4. The Morgan fingerprint density at radius 3 is 2.26 bits per heavy atom. The summed E-state index contributed by atoms with van der Waals surface area (Å²) in [5, 5.41) is 2.07. The predicted molar refractivity (Wildman–Crippen MR) is 108 cm³/mol. The van der Waals surface area contributed by atoms with Crippen LogP contribution in [0.3, 0.4) is 0 Å². The summed E-state index contributed by atoms with van der Waals surface area (Å²) >= 11 is 5.88. The summed E-state index contributed by atoms with van der Waals surface area (Å²) in [4.78, 5) is 24.7. The first kappa shape index (κ1) is 25.2. The third-order valence-electron chi connectivity index (χ3n) is 4.75. The molecular weight excluding hydrogens is 461 g/mol. The first-order valence-electron chi connectivity index (χ1n) is 9.45. The zero-order chi connectivity index (χ0) is 23.6. The number of rotatable bonds is 6. The lowest BCUT2D eigenvalue weighted by Crippen LogP contribution is -2.56. The molecule has 0 saturated carbocycles. The number of halogens is 4. The van der Waals surface area contributed by atoms with Crippen molar-refractivity contribution in [1.82, 2.24) is 14.5 Å². The van der Waals surface area contributed by atoms with Crippen LogP contribution in [0.2, 0.25) is 5.02 Å². The third kappa shape index (κ3) is 6.23. The molecule has 1 saturated heterocycles. The van der Waals surface area contributed by atoms with E-state index in [4.69, 9.17) is 17.3 Å². The van der Waals surface area contributed by atoms with E-state index in [1.807, 2.05) is 13.8 Å². The number of carbonyl (C=O) groups excluding carboxylic acids is 2. The molecule has 0 spiro atoms. The molecule has 13 heteroatoms. The van der Waals surface area contributed by atoms with Gasteiger partial charge in [-0.2, -0.15) is 17.5 Å². The first-order chi connectivity index (χ1) is 14.2. The lowest BCUT2D eigenvalue weighted by molar-refractivity contribution is -0.138. The Balaban J connectivity index is 2.16. The number of nitrogens with zero attached hydrogens (tertiary/aromatic N) is 2. The van der Waals surface area contributed by atoms with E-state index in [0.29, 0.717) is 18.6 Å². The summed E-state index contributed by atoms with van der Waals surface area (Å²) < 4.78 is 65.7. The van der Waals surface area contributed by atoms with E-state index in [9.17, 15) is 31.2 Å². The van der Waals surface area contributed by atoms with E-state index in [0.717, 1.165) is 10.4 Å². The van der Waals surface area contributed by atoms with E-state index in [1.165, 1.54) is 4.90 Å². The molecule has 1 fully saturated rings. The van der Waals surface area contributed by atoms with Gasteiger partial charge < -0.3 is 16.0 Å². The topological polar surface area (TPSA) is 113 Å².